The van der Waals surface area contributed by atoms with Crippen LogP contribution in [0.2, 0.25) is 0 Å². The second-order valence-electron chi connectivity index (χ2n) is 3.34. The Bertz CT molecular complexity index is 430. The molecular weight excluding hydrogens is 298 g/mol. The van der Waals surface area contributed by atoms with Gasteiger partial charge >= 0.3 is 12.0 Å². The maximum Gasteiger partial charge on any atom is 0.323 e. The molecule has 0 atom stereocenters. The van der Waals surface area contributed by atoms with E-state index in [1.54, 1.807) is 6.20 Å². The molecule has 1 aliphatic heterocycles. The fourth-order valence-corrected chi connectivity index (χ4v) is 2.38. The number of aromatic nitrogens is 1. The highest BCUT2D eigenvalue weighted by Gasteiger charge is 2.35. The van der Waals surface area contributed by atoms with Gasteiger partial charge in [0.1, 0.15) is 0 Å². The molecule has 1 fully saturated rings. The van der Waals surface area contributed by atoms with Crippen molar-refractivity contribution in [1.82, 2.24) is 9.88 Å². The van der Waals surface area contributed by atoms with Crippen molar-refractivity contribution in [1.29, 1.82) is 0 Å². The summed E-state index contributed by atoms with van der Waals surface area (Å²) in [5.41, 5.74) is 0. The van der Waals surface area contributed by atoms with Gasteiger partial charge in [-0.05, 0) is 15.9 Å². The maximum absolute atomic E-state index is 11.5. The van der Waals surface area contributed by atoms with Gasteiger partial charge in [-0.2, -0.15) is 0 Å². The summed E-state index contributed by atoms with van der Waals surface area (Å²) in [6.07, 6.45) is 1.59. The first-order chi connectivity index (χ1) is 7.56. The number of carbonyl (C=O) groups excluding carboxylic acids is 1. The molecule has 2 rings (SSSR count). The number of hydrogen-bond donors (Lipinski definition) is 2. The number of anilines is 1. The summed E-state index contributed by atoms with van der Waals surface area (Å²) < 4.78 is 0.829. The van der Waals surface area contributed by atoms with Gasteiger partial charge in [0.15, 0.2) is 5.13 Å². The van der Waals surface area contributed by atoms with E-state index in [2.05, 4.69) is 26.2 Å². The molecule has 2 N–H and O–H groups in total. The van der Waals surface area contributed by atoms with Crippen LogP contribution in [0.5, 0.6) is 0 Å². The summed E-state index contributed by atoms with van der Waals surface area (Å²) in [5, 5.41) is 11.7. The van der Waals surface area contributed by atoms with E-state index in [0.717, 1.165) is 3.79 Å². The lowest BCUT2D eigenvalue weighted by molar-refractivity contribution is -0.145. The van der Waals surface area contributed by atoms with Gasteiger partial charge in [0.2, 0.25) is 0 Å². The van der Waals surface area contributed by atoms with E-state index in [4.69, 9.17) is 5.11 Å². The molecule has 16 heavy (non-hydrogen) atoms. The maximum atomic E-state index is 11.5. The summed E-state index contributed by atoms with van der Waals surface area (Å²) >= 11 is 4.54. The molecule has 1 saturated heterocycles. The quantitative estimate of drug-likeness (QED) is 0.866. The van der Waals surface area contributed by atoms with Gasteiger partial charge in [0.05, 0.1) is 15.9 Å². The van der Waals surface area contributed by atoms with Crippen molar-refractivity contribution in [2.75, 3.05) is 18.4 Å². The average Bonchev–Trinajstić information content (AvgIpc) is 2.47. The van der Waals surface area contributed by atoms with E-state index in [9.17, 15) is 9.59 Å². The number of hydrogen-bond acceptors (Lipinski definition) is 4. The fraction of sp³-hybridized carbons (Fsp3) is 0.375. The molecular formula is C8H8BrN3O3S. The number of halogens is 1. The van der Waals surface area contributed by atoms with E-state index in [1.165, 1.54) is 16.2 Å². The number of rotatable bonds is 2. The molecule has 1 aliphatic rings. The van der Waals surface area contributed by atoms with Crippen molar-refractivity contribution in [3.63, 3.8) is 0 Å². The van der Waals surface area contributed by atoms with Gasteiger partial charge in [-0.15, -0.1) is 0 Å². The minimum atomic E-state index is -0.860. The Hall–Kier alpha value is -1.15. The zero-order chi connectivity index (χ0) is 11.7. The van der Waals surface area contributed by atoms with Crippen LogP contribution in [0.1, 0.15) is 0 Å². The van der Waals surface area contributed by atoms with E-state index < -0.39 is 11.9 Å². The fourth-order valence-electron chi connectivity index (χ4n) is 1.28. The number of carboxylic acids is 1. The zero-order valence-electron chi connectivity index (χ0n) is 8.01. The zero-order valence-corrected chi connectivity index (χ0v) is 10.4. The molecule has 6 nitrogen and oxygen atoms in total. The molecule has 1 aromatic rings. The molecule has 0 aromatic carbocycles. The Labute approximate surface area is 103 Å². The van der Waals surface area contributed by atoms with Crippen molar-refractivity contribution in [3.8, 4) is 0 Å². The Morgan fingerprint density at radius 1 is 1.62 bits per heavy atom. The second-order valence-corrected chi connectivity index (χ2v) is 5.75. The van der Waals surface area contributed by atoms with Gasteiger partial charge in [-0.25, -0.2) is 9.78 Å². The van der Waals surface area contributed by atoms with Gasteiger partial charge < -0.3 is 10.0 Å². The van der Waals surface area contributed by atoms with E-state index in [0.29, 0.717) is 5.13 Å². The molecule has 0 radical (unpaired) electrons. The average molecular weight is 306 g/mol. The molecule has 0 spiro atoms. The molecule has 0 saturated carbocycles. The van der Waals surface area contributed by atoms with Crippen LogP contribution in [0, 0.1) is 5.92 Å². The van der Waals surface area contributed by atoms with Crippen LogP contribution >= 0.6 is 27.3 Å². The van der Waals surface area contributed by atoms with E-state index in [-0.39, 0.29) is 19.1 Å². The standard InChI is InChI=1S/C8H8BrN3O3S/c9-5-1-10-7(16-5)11-8(15)12-2-4(3-12)6(13)14/h1,4H,2-3H2,(H,13,14)(H,10,11,15). The molecule has 0 unspecified atom stereocenters. The summed E-state index contributed by atoms with van der Waals surface area (Å²) in [5.74, 6) is -1.30. The highest BCUT2D eigenvalue weighted by Crippen LogP contribution is 2.24. The number of carboxylic acid groups (broad SMARTS) is 1. The topological polar surface area (TPSA) is 82.5 Å². The van der Waals surface area contributed by atoms with Gasteiger partial charge in [-0.3, -0.25) is 10.1 Å². The van der Waals surface area contributed by atoms with E-state index >= 15 is 0 Å². The first kappa shape index (κ1) is 11.3. The largest absolute Gasteiger partial charge is 0.481 e. The number of likely N-dealkylation sites (tertiary alicyclic amines) is 1. The van der Waals surface area contributed by atoms with Crippen LogP contribution in [0.3, 0.4) is 0 Å². The van der Waals surface area contributed by atoms with Crippen molar-refractivity contribution in [3.05, 3.63) is 9.98 Å². The minimum Gasteiger partial charge on any atom is -0.481 e. The van der Waals surface area contributed by atoms with Gasteiger partial charge in [0, 0.05) is 13.1 Å². The van der Waals surface area contributed by atoms with Gasteiger partial charge in [-0.1, -0.05) is 11.3 Å². The highest BCUT2D eigenvalue weighted by atomic mass is 79.9. The minimum absolute atomic E-state index is 0.258. The number of thiazole rings is 1. The number of aliphatic carboxylic acids is 1. The molecule has 0 aliphatic carbocycles. The number of urea groups is 1. The molecule has 0 bridgehead atoms. The third-order valence-corrected chi connectivity index (χ3v) is 3.60. The molecule has 1 aromatic heterocycles. The Kier molecular flexibility index (Phi) is 3.10. The predicted molar refractivity (Wildman–Crippen MR) is 61.5 cm³/mol. The number of amides is 2. The number of nitrogens with zero attached hydrogens (tertiary/aromatic N) is 2. The number of carbonyl (C=O) groups is 2. The lowest BCUT2D eigenvalue weighted by Crippen LogP contribution is -2.54. The SMILES string of the molecule is O=C(O)C1CN(C(=O)Nc2ncc(Br)s2)C1. The van der Waals surface area contributed by atoms with Crippen molar-refractivity contribution in [2.45, 2.75) is 0 Å². The van der Waals surface area contributed by atoms with Crippen LogP contribution in [-0.2, 0) is 4.79 Å². The predicted octanol–water partition coefficient (Wildman–Crippen LogP) is 1.45. The lowest BCUT2D eigenvalue weighted by Gasteiger charge is -2.36. The summed E-state index contributed by atoms with van der Waals surface area (Å²) in [7, 11) is 0. The molecule has 8 heteroatoms. The Morgan fingerprint density at radius 3 is 2.81 bits per heavy atom. The third-order valence-electron chi connectivity index (χ3n) is 2.21. The second kappa shape index (κ2) is 4.38. The molecule has 2 heterocycles. The van der Waals surface area contributed by atoms with Crippen LogP contribution in [0.15, 0.2) is 9.98 Å². The van der Waals surface area contributed by atoms with Crippen LogP contribution < -0.4 is 5.32 Å². The summed E-state index contributed by atoms with van der Waals surface area (Å²) in [4.78, 5) is 27.5. The highest BCUT2D eigenvalue weighted by molar-refractivity contribution is 9.11. The number of nitrogens with one attached hydrogen (secondary N) is 1. The van der Waals surface area contributed by atoms with Crippen molar-refractivity contribution < 1.29 is 14.7 Å². The monoisotopic (exact) mass is 305 g/mol. The third kappa shape index (κ3) is 2.33. The Balaban J connectivity index is 1.84. The van der Waals surface area contributed by atoms with Gasteiger partial charge in [0.25, 0.3) is 0 Å². The Morgan fingerprint density at radius 2 is 2.31 bits per heavy atom. The first-order valence-corrected chi connectivity index (χ1v) is 6.07. The van der Waals surface area contributed by atoms with Crippen LogP contribution in [0.4, 0.5) is 9.93 Å². The normalized spacial score (nSPS) is 15.7. The lowest BCUT2D eigenvalue weighted by atomic mass is 10.0. The van der Waals surface area contributed by atoms with Crippen LogP contribution in [-0.4, -0.2) is 40.1 Å². The van der Waals surface area contributed by atoms with Crippen molar-refractivity contribution in [2.24, 2.45) is 5.92 Å². The smallest absolute Gasteiger partial charge is 0.323 e. The summed E-state index contributed by atoms with van der Waals surface area (Å²) in [6, 6.07) is -0.306. The summed E-state index contributed by atoms with van der Waals surface area (Å²) in [6.45, 7) is 0.515. The molecule has 2 amide bonds. The molecule has 86 valence electrons. The van der Waals surface area contributed by atoms with Crippen LogP contribution in [0.25, 0.3) is 0 Å². The van der Waals surface area contributed by atoms with Crippen molar-refractivity contribution >= 4 is 44.4 Å². The first-order valence-electron chi connectivity index (χ1n) is 4.46. The van der Waals surface area contributed by atoms with E-state index in [1.807, 2.05) is 0 Å².